The summed E-state index contributed by atoms with van der Waals surface area (Å²) in [7, 11) is 3.88. The van der Waals surface area contributed by atoms with Gasteiger partial charge in [0.2, 0.25) is 0 Å². The van der Waals surface area contributed by atoms with E-state index in [2.05, 4.69) is 10.4 Å². The van der Waals surface area contributed by atoms with Gasteiger partial charge in [-0.3, -0.25) is 9.48 Å². The summed E-state index contributed by atoms with van der Waals surface area (Å²) in [4.78, 5) is 28.8. The Morgan fingerprint density at radius 3 is 2.56 bits per heavy atom. The number of primary amides is 1. The van der Waals surface area contributed by atoms with Crippen LogP contribution in [0, 0.1) is 11.3 Å². The van der Waals surface area contributed by atoms with E-state index >= 15 is 0 Å². The number of urea groups is 1. The third kappa shape index (κ3) is 3.98. The molecule has 1 aliphatic heterocycles. The molecule has 0 spiro atoms. The minimum absolute atomic E-state index is 0.209. The van der Waals surface area contributed by atoms with Crippen molar-refractivity contribution in [3.8, 4) is 17.3 Å². The topological polar surface area (TPSA) is 120 Å². The molecule has 0 radical (unpaired) electrons. The van der Waals surface area contributed by atoms with E-state index in [9.17, 15) is 9.59 Å². The van der Waals surface area contributed by atoms with Gasteiger partial charge in [-0.05, 0) is 36.4 Å². The molecular weight excluding hydrogens is 406 g/mol. The molecule has 9 nitrogen and oxygen atoms in total. The van der Waals surface area contributed by atoms with Gasteiger partial charge in [-0.2, -0.15) is 10.4 Å². The number of carbonyl (C=O) groups is 2. The maximum Gasteiger partial charge on any atom is 0.322 e. The number of nitrogens with two attached hydrogens (primary N) is 1. The van der Waals surface area contributed by atoms with Crippen molar-refractivity contribution in [2.24, 2.45) is 5.73 Å². The SMILES string of the molecule is CN(C)c1cccc(-c2nn3c(c2C(N)=O)CN(C(=O)Nc2ccc(C#N)cc2)CC3)c1. The van der Waals surface area contributed by atoms with Gasteiger partial charge in [-0.15, -0.1) is 0 Å². The van der Waals surface area contributed by atoms with Gasteiger partial charge >= 0.3 is 6.03 Å². The van der Waals surface area contributed by atoms with Crippen LogP contribution < -0.4 is 16.0 Å². The number of hydrogen-bond acceptors (Lipinski definition) is 5. The van der Waals surface area contributed by atoms with Crippen LogP contribution in [0.15, 0.2) is 48.5 Å². The van der Waals surface area contributed by atoms with Gasteiger partial charge in [0.05, 0.1) is 36.0 Å². The smallest absolute Gasteiger partial charge is 0.322 e. The maximum absolute atomic E-state index is 12.8. The summed E-state index contributed by atoms with van der Waals surface area (Å²) in [6.07, 6.45) is 0. The molecule has 1 aliphatic rings. The monoisotopic (exact) mass is 429 g/mol. The van der Waals surface area contributed by atoms with Crippen molar-refractivity contribution in [2.75, 3.05) is 30.9 Å². The van der Waals surface area contributed by atoms with E-state index in [0.29, 0.717) is 41.3 Å². The number of hydrogen-bond donors (Lipinski definition) is 2. The Kier molecular flexibility index (Phi) is 5.52. The normalized spacial score (nSPS) is 12.6. The number of nitrogens with zero attached hydrogens (tertiary/aromatic N) is 5. The van der Waals surface area contributed by atoms with E-state index in [1.807, 2.05) is 49.3 Å². The molecule has 2 aromatic carbocycles. The number of nitriles is 1. The van der Waals surface area contributed by atoms with Crippen LogP contribution in [0.1, 0.15) is 21.6 Å². The molecule has 0 atom stereocenters. The Bertz CT molecular complexity index is 1220. The molecule has 0 aliphatic carbocycles. The molecule has 3 N–H and O–H groups in total. The Balaban J connectivity index is 1.61. The van der Waals surface area contributed by atoms with Gasteiger partial charge in [0.1, 0.15) is 5.69 Å². The van der Waals surface area contributed by atoms with Crippen molar-refractivity contribution in [1.29, 1.82) is 5.26 Å². The van der Waals surface area contributed by atoms with Gasteiger partial charge in [-0.1, -0.05) is 12.1 Å². The zero-order valence-corrected chi connectivity index (χ0v) is 17.9. The van der Waals surface area contributed by atoms with E-state index in [-0.39, 0.29) is 12.6 Å². The number of fused-ring (bicyclic) bond motifs is 1. The van der Waals surface area contributed by atoms with Gasteiger partial charge in [0.25, 0.3) is 5.91 Å². The minimum Gasteiger partial charge on any atom is -0.378 e. The molecule has 0 saturated heterocycles. The first kappa shape index (κ1) is 20.9. The Morgan fingerprint density at radius 1 is 1.16 bits per heavy atom. The molecule has 1 aromatic heterocycles. The fourth-order valence-corrected chi connectivity index (χ4v) is 3.71. The minimum atomic E-state index is -0.578. The van der Waals surface area contributed by atoms with E-state index in [1.165, 1.54) is 0 Å². The number of nitrogens with one attached hydrogen (secondary N) is 1. The van der Waals surface area contributed by atoms with Gasteiger partial charge < -0.3 is 20.9 Å². The summed E-state index contributed by atoms with van der Waals surface area (Å²) in [5.74, 6) is -0.578. The first-order valence-electron chi connectivity index (χ1n) is 10.1. The second-order valence-corrected chi connectivity index (χ2v) is 7.74. The maximum atomic E-state index is 12.8. The Morgan fingerprint density at radius 2 is 1.91 bits per heavy atom. The highest BCUT2D eigenvalue weighted by molar-refractivity contribution is 6.00. The van der Waals surface area contributed by atoms with Crippen molar-refractivity contribution in [2.45, 2.75) is 13.1 Å². The van der Waals surface area contributed by atoms with Crippen LogP contribution in [-0.4, -0.2) is 47.3 Å². The van der Waals surface area contributed by atoms with E-state index in [4.69, 9.17) is 11.0 Å². The second-order valence-electron chi connectivity index (χ2n) is 7.74. The lowest BCUT2D eigenvalue weighted by atomic mass is 10.0. The first-order chi connectivity index (χ1) is 15.4. The first-order valence-corrected chi connectivity index (χ1v) is 10.1. The average molecular weight is 429 g/mol. The van der Waals surface area contributed by atoms with Crippen molar-refractivity contribution in [1.82, 2.24) is 14.7 Å². The van der Waals surface area contributed by atoms with Crippen LogP contribution in [-0.2, 0) is 13.1 Å². The van der Waals surface area contributed by atoms with E-state index in [0.717, 1.165) is 11.3 Å². The molecule has 4 rings (SSSR count). The molecule has 3 aromatic rings. The van der Waals surface area contributed by atoms with Crippen LogP contribution >= 0.6 is 0 Å². The fraction of sp³-hybridized carbons (Fsp3) is 0.217. The lowest BCUT2D eigenvalue weighted by molar-refractivity contribution is 0.0997. The van der Waals surface area contributed by atoms with Crippen LogP contribution in [0.2, 0.25) is 0 Å². The highest BCUT2D eigenvalue weighted by Gasteiger charge is 2.29. The van der Waals surface area contributed by atoms with Crippen LogP contribution in [0.3, 0.4) is 0 Å². The molecule has 2 heterocycles. The highest BCUT2D eigenvalue weighted by Crippen LogP contribution is 2.30. The summed E-state index contributed by atoms with van der Waals surface area (Å²) in [5.41, 5.74) is 10.1. The van der Waals surface area contributed by atoms with Crippen molar-refractivity contribution in [3.05, 3.63) is 65.4 Å². The van der Waals surface area contributed by atoms with Crippen molar-refractivity contribution in [3.63, 3.8) is 0 Å². The van der Waals surface area contributed by atoms with Crippen LogP contribution in [0.5, 0.6) is 0 Å². The number of rotatable bonds is 4. The molecule has 32 heavy (non-hydrogen) atoms. The lowest BCUT2D eigenvalue weighted by Crippen LogP contribution is -2.41. The summed E-state index contributed by atoms with van der Waals surface area (Å²) in [6, 6.07) is 16.1. The lowest BCUT2D eigenvalue weighted by Gasteiger charge is -2.28. The molecule has 0 bridgehead atoms. The van der Waals surface area contributed by atoms with Gasteiger partial charge in [0.15, 0.2) is 0 Å². The largest absolute Gasteiger partial charge is 0.378 e. The number of anilines is 2. The average Bonchev–Trinajstić information content (AvgIpc) is 3.18. The molecule has 0 fully saturated rings. The highest BCUT2D eigenvalue weighted by atomic mass is 16.2. The summed E-state index contributed by atoms with van der Waals surface area (Å²) < 4.78 is 1.75. The Hall–Kier alpha value is -4.32. The molecule has 0 unspecified atom stereocenters. The quantitative estimate of drug-likeness (QED) is 0.661. The third-order valence-corrected chi connectivity index (χ3v) is 5.41. The van der Waals surface area contributed by atoms with Gasteiger partial charge in [0, 0.05) is 37.6 Å². The van der Waals surface area contributed by atoms with Crippen LogP contribution in [0.25, 0.3) is 11.3 Å². The number of aromatic nitrogens is 2. The summed E-state index contributed by atoms with van der Waals surface area (Å²) in [5, 5.41) is 16.4. The Labute approximate surface area is 185 Å². The van der Waals surface area contributed by atoms with Crippen LogP contribution in [0.4, 0.5) is 16.2 Å². The van der Waals surface area contributed by atoms with Crippen molar-refractivity contribution >= 4 is 23.3 Å². The van der Waals surface area contributed by atoms with E-state index in [1.54, 1.807) is 33.8 Å². The fourth-order valence-electron chi connectivity index (χ4n) is 3.71. The predicted molar refractivity (Wildman–Crippen MR) is 121 cm³/mol. The molecule has 9 heteroatoms. The molecular formula is C23H23N7O2. The predicted octanol–water partition coefficient (Wildman–Crippen LogP) is 2.63. The molecule has 3 amide bonds. The zero-order valence-electron chi connectivity index (χ0n) is 17.9. The standard InChI is InChI=1S/C23H23N7O2/c1-28(2)18-5-3-4-16(12-18)21-20(22(25)31)19-14-29(10-11-30(19)27-21)23(32)26-17-8-6-15(13-24)7-9-17/h3-9,12H,10-11,14H2,1-2H3,(H2,25,31)(H,26,32). The third-order valence-electron chi connectivity index (χ3n) is 5.41. The summed E-state index contributed by atoms with van der Waals surface area (Å²) in [6.45, 7) is 1.09. The van der Waals surface area contributed by atoms with Gasteiger partial charge in [-0.25, -0.2) is 4.79 Å². The van der Waals surface area contributed by atoms with E-state index < -0.39 is 5.91 Å². The molecule has 162 valence electrons. The zero-order chi connectivity index (χ0) is 22.8. The molecule has 0 saturated carbocycles. The number of carbonyl (C=O) groups excluding carboxylic acids is 2. The summed E-state index contributed by atoms with van der Waals surface area (Å²) >= 11 is 0. The second kappa shape index (κ2) is 8.43. The van der Waals surface area contributed by atoms with Crippen molar-refractivity contribution < 1.29 is 9.59 Å². The number of amides is 3. The number of benzene rings is 2.